The Kier molecular flexibility index (Phi) is 13.1. The molecule has 0 unspecified atom stereocenters. The number of hydrogen-bond acceptors (Lipinski definition) is 4. The Labute approximate surface area is 162 Å². The molecule has 0 fully saturated rings. The third kappa shape index (κ3) is 9.55. The van der Waals surface area contributed by atoms with E-state index in [9.17, 15) is 4.79 Å². The van der Waals surface area contributed by atoms with Crippen molar-refractivity contribution in [2.75, 3.05) is 13.1 Å². The van der Waals surface area contributed by atoms with Crippen LogP contribution in [0.1, 0.15) is 45.5 Å². The zero-order valence-corrected chi connectivity index (χ0v) is 17.2. The van der Waals surface area contributed by atoms with Crippen molar-refractivity contribution in [1.82, 2.24) is 15.3 Å². The number of nitrogens with two attached hydrogens (primary N) is 2. The maximum atomic E-state index is 11.9. The van der Waals surface area contributed by atoms with E-state index >= 15 is 0 Å². The summed E-state index contributed by atoms with van der Waals surface area (Å²) < 4.78 is 0. The van der Waals surface area contributed by atoms with Gasteiger partial charge < -0.3 is 21.8 Å². The summed E-state index contributed by atoms with van der Waals surface area (Å²) in [5.74, 6) is 0.737. The van der Waals surface area contributed by atoms with Crippen LogP contribution in [0.2, 0.25) is 0 Å². The van der Waals surface area contributed by atoms with Gasteiger partial charge in [0.15, 0.2) is 5.96 Å². The predicted octanol–water partition coefficient (Wildman–Crippen LogP) is 2.55. The molecule has 2 aromatic rings. The smallest absolute Gasteiger partial charge is 0.258 e. The quantitative estimate of drug-likeness (QED) is 0.337. The van der Waals surface area contributed by atoms with Crippen molar-refractivity contribution in [3.8, 4) is 11.1 Å². The highest BCUT2D eigenvalue weighted by Gasteiger charge is 2.04. The van der Waals surface area contributed by atoms with Crippen LogP contribution in [0.3, 0.4) is 0 Å². The molecule has 150 valence electrons. The van der Waals surface area contributed by atoms with Gasteiger partial charge >= 0.3 is 0 Å². The average molecular weight is 375 g/mol. The van der Waals surface area contributed by atoms with Crippen molar-refractivity contribution in [3.63, 3.8) is 0 Å². The number of aryl methyl sites for hydroxylation is 1. The highest BCUT2D eigenvalue weighted by Crippen LogP contribution is 2.15. The van der Waals surface area contributed by atoms with E-state index in [-0.39, 0.29) is 11.5 Å². The third-order valence-electron chi connectivity index (χ3n) is 3.33. The first-order valence-electron chi connectivity index (χ1n) is 9.47. The van der Waals surface area contributed by atoms with E-state index < -0.39 is 0 Å². The highest BCUT2D eigenvalue weighted by molar-refractivity contribution is 5.75. The molecule has 7 nitrogen and oxygen atoms in total. The molecule has 0 amide bonds. The number of hydrogen-bond donors (Lipinski definition) is 4. The molecule has 2 rings (SSSR count). The number of aliphatic imine (C=N–C) groups is 1. The van der Waals surface area contributed by atoms with Gasteiger partial charge in [0.25, 0.3) is 5.56 Å². The first-order valence-corrected chi connectivity index (χ1v) is 9.47. The van der Waals surface area contributed by atoms with Gasteiger partial charge in [-0.05, 0) is 31.0 Å². The van der Waals surface area contributed by atoms with E-state index in [1.54, 1.807) is 13.1 Å². The van der Waals surface area contributed by atoms with Gasteiger partial charge in [0.2, 0.25) is 0 Å². The number of benzene rings is 1. The molecule has 1 heterocycles. The van der Waals surface area contributed by atoms with Crippen LogP contribution in [-0.4, -0.2) is 29.0 Å². The van der Waals surface area contributed by atoms with Crippen LogP contribution in [0, 0.1) is 6.92 Å². The molecule has 7 heteroatoms. The molecule has 0 saturated carbocycles. The lowest BCUT2D eigenvalue weighted by molar-refractivity contribution is 0.655. The first-order chi connectivity index (χ1) is 13.1. The fourth-order valence-corrected chi connectivity index (χ4v) is 2.14. The molecule has 0 spiro atoms. The Morgan fingerprint density at radius 3 is 2.33 bits per heavy atom. The van der Waals surface area contributed by atoms with Gasteiger partial charge in [0.05, 0.1) is 5.56 Å². The Morgan fingerprint density at radius 1 is 1.15 bits per heavy atom. The highest BCUT2D eigenvalue weighted by atomic mass is 16.1. The Bertz CT molecular complexity index is 718. The molecule has 0 aliphatic heterocycles. The summed E-state index contributed by atoms with van der Waals surface area (Å²) in [6.07, 6.45) is 2.48. The largest absolute Gasteiger partial charge is 0.370 e. The molecule has 1 aromatic carbocycles. The van der Waals surface area contributed by atoms with Crippen LogP contribution in [0.25, 0.3) is 11.1 Å². The number of guanidine groups is 1. The van der Waals surface area contributed by atoms with Gasteiger partial charge in [0.1, 0.15) is 5.82 Å². The maximum absolute atomic E-state index is 11.9. The summed E-state index contributed by atoms with van der Waals surface area (Å²) in [6.45, 7) is 12.0. The zero-order valence-electron chi connectivity index (χ0n) is 17.2. The summed E-state index contributed by atoms with van der Waals surface area (Å²) >= 11 is 0. The summed E-state index contributed by atoms with van der Waals surface area (Å²) in [5.41, 5.74) is 13.0. The molecular weight excluding hydrogens is 340 g/mol. The van der Waals surface area contributed by atoms with E-state index in [4.69, 9.17) is 11.5 Å². The lowest BCUT2D eigenvalue weighted by Crippen LogP contribution is -2.23. The second-order valence-electron chi connectivity index (χ2n) is 5.25. The molecule has 0 radical (unpaired) electrons. The predicted molar refractivity (Wildman–Crippen MR) is 115 cm³/mol. The van der Waals surface area contributed by atoms with Gasteiger partial charge in [-0.2, -0.15) is 0 Å². The average Bonchev–Trinajstić information content (AvgIpc) is 2.68. The second kappa shape index (κ2) is 14.5. The van der Waals surface area contributed by atoms with Crippen LogP contribution in [0.4, 0.5) is 0 Å². The minimum absolute atomic E-state index is 0.122. The van der Waals surface area contributed by atoms with Gasteiger partial charge in [-0.15, -0.1) is 0 Å². The van der Waals surface area contributed by atoms with Crippen molar-refractivity contribution in [3.05, 3.63) is 52.2 Å². The van der Waals surface area contributed by atoms with E-state index in [2.05, 4.69) is 20.3 Å². The fraction of sp³-hybridized carbons (Fsp3) is 0.450. The van der Waals surface area contributed by atoms with E-state index in [0.29, 0.717) is 17.9 Å². The number of aromatic amines is 1. The second-order valence-corrected chi connectivity index (χ2v) is 5.25. The van der Waals surface area contributed by atoms with Crippen molar-refractivity contribution >= 4 is 5.96 Å². The minimum atomic E-state index is -0.122. The summed E-state index contributed by atoms with van der Waals surface area (Å²) in [7, 11) is 0. The molecule has 1 aromatic heterocycles. The van der Waals surface area contributed by atoms with Crippen molar-refractivity contribution in [2.45, 2.75) is 47.6 Å². The Balaban J connectivity index is 0.00000158. The van der Waals surface area contributed by atoms with Crippen molar-refractivity contribution in [2.24, 2.45) is 16.5 Å². The maximum Gasteiger partial charge on any atom is 0.258 e. The van der Waals surface area contributed by atoms with Crippen molar-refractivity contribution in [1.29, 1.82) is 0 Å². The monoisotopic (exact) mass is 374 g/mol. The molecule has 0 bridgehead atoms. The lowest BCUT2D eigenvalue weighted by atomic mass is 10.1. The summed E-state index contributed by atoms with van der Waals surface area (Å²) in [4.78, 5) is 22.7. The number of rotatable bonds is 7. The van der Waals surface area contributed by atoms with Gasteiger partial charge in [-0.3, -0.25) is 9.79 Å². The molecule has 6 N–H and O–H groups in total. The third-order valence-corrected chi connectivity index (χ3v) is 3.33. The molecule has 0 atom stereocenters. The van der Waals surface area contributed by atoms with E-state index in [1.165, 1.54) is 0 Å². The van der Waals surface area contributed by atoms with E-state index in [1.807, 2.05) is 52.0 Å². The topological polar surface area (TPSA) is 122 Å². The zero-order chi connectivity index (χ0) is 20.7. The Morgan fingerprint density at radius 2 is 1.78 bits per heavy atom. The lowest BCUT2D eigenvalue weighted by Gasteiger charge is -2.06. The molecule has 0 saturated heterocycles. The van der Waals surface area contributed by atoms with Gasteiger partial charge in [0, 0.05) is 19.3 Å². The summed E-state index contributed by atoms with van der Waals surface area (Å²) in [6, 6.07) is 7.85. The SMILES string of the molecule is CC.CC.Cc1ncc(-c2ccc(CNCCCN=C(N)N)cc2)c(=O)[nH]1. The van der Waals surface area contributed by atoms with Gasteiger partial charge in [-0.1, -0.05) is 52.0 Å². The number of aromatic nitrogens is 2. The normalized spacial score (nSPS) is 9.37. The minimum Gasteiger partial charge on any atom is -0.370 e. The number of nitrogens with zero attached hydrogens (tertiary/aromatic N) is 2. The number of nitrogens with one attached hydrogen (secondary N) is 2. The molecular formula is C20H34N6O. The molecule has 0 aliphatic carbocycles. The van der Waals surface area contributed by atoms with Crippen LogP contribution >= 0.6 is 0 Å². The van der Waals surface area contributed by atoms with Crippen LogP contribution in [0.5, 0.6) is 0 Å². The molecule has 27 heavy (non-hydrogen) atoms. The standard InChI is InChI=1S/C16H22N6O.2C2H6/c1-11-21-10-14(15(23)22-11)13-5-3-12(4-6-13)9-19-7-2-8-20-16(17)18;2*1-2/h3-6,10,19H,2,7-9H2,1H3,(H4,17,18,20)(H,21,22,23);2*1-2H3. The number of H-pyrrole nitrogens is 1. The van der Waals surface area contributed by atoms with E-state index in [0.717, 1.165) is 30.6 Å². The van der Waals surface area contributed by atoms with Crippen LogP contribution < -0.4 is 22.3 Å². The molecule has 0 aliphatic rings. The van der Waals surface area contributed by atoms with Crippen LogP contribution in [0.15, 0.2) is 40.2 Å². The Hall–Kier alpha value is -2.67. The van der Waals surface area contributed by atoms with Crippen molar-refractivity contribution < 1.29 is 0 Å². The fourth-order valence-electron chi connectivity index (χ4n) is 2.14. The summed E-state index contributed by atoms with van der Waals surface area (Å²) in [5, 5.41) is 3.32. The van der Waals surface area contributed by atoms with Gasteiger partial charge in [-0.25, -0.2) is 4.98 Å². The first kappa shape index (κ1) is 24.3. The van der Waals surface area contributed by atoms with Crippen LogP contribution in [-0.2, 0) is 6.54 Å².